The number of amides is 1. The van der Waals surface area contributed by atoms with Crippen LogP contribution in [0.4, 0.5) is 0 Å². The van der Waals surface area contributed by atoms with E-state index in [1.807, 2.05) is 36.2 Å². The lowest BCUT2D eigenvalue weighted by atomic mass is 10.1. The first-order chi connectivity index (χ1) is 11.6. The van der Waals surface area contributed by atoms with E-state index in [9.17, 15) is 9.90 Å². The number of benzene rings is 1. The van der Waals surface area contributed by atoms with E-state index in [2.05, 4.69) is 22.5 Å². The smallest absolute Gasteiger partial charge is 0.256 e. The van der Waals surface area contributed by atoms with Crippen LogP contribution in [0.15, 0.2) is 30.5 Å². The van der Waals surface area contributed by atoms with Crippen molar-refractivity contribution in [3.63, 3.8) is 0 Å². The molecule has 2 heterocycles. The fourth-order valence-electron chi connectivity index (χ4n) is 3.41. The first-order valence-corrected chi connectivity index (χ1v) is 8.91. The molecular weight excluding hydrogens is 302 g/mol. The Morgan fingerprint density at radius 2 is 1.88 bits per heavy atom. The number of β-amino-alcohol motifs (C(OH)–C–C–N with tert-alkyl or cyclic N) is 1. The summed E-state index contributed by atoms with van der Waals surface area (Å²) in [6.45, 7) is 8.75. The second-order valence-electron chi connectivity index (χ2n) is 6.50. The number of aliphatic hydroxyl groups is 1. The van der Waals surface area contributed by atoms with Crippen LogP contribution in [0.3, 0.4) is 0 Å². The van der Waals surface area contributed by atoms with Crippen LogP contribution in [-0.4, -0.2) is 64.2 Å². The number of rotatable bonds is 5. The molecule has 1 amide bonds. The maximum absolute atomic E-state index is 13.0. The summed E-state index contributed by atoms with van der Waals surface area (Å²) in [5.41, 5.74) is 1.92. The van der Waals surface area contributed by atoms with Gasteiger partial charge in [-0.15, -0.1) is 0 Å². The number of para-hydroxylation sites is 1. The van der Waals surface area contributed by atoms with E-state index in [0.717, 1.165) is 55.6 Å². The molecule has 130 valence electrons. The van der Waals surface area contributed by atoms with E-state index in [1.165, 1.54) is 0 Å². The molecule has 1 aliphatic heterocycles. The molecule has 0 radical (unpaired) electrons. The fraction of sp³-hybridized carbons (Fsp3) is 0.526. The van der Waals surface area contributed by atoms with Crippen molar-refractivity contribution in [1.82, 2.24) is 14.4 Å². The Morgan fingerprint density at radius 3 is 2.54 bits per heavy atom. The van der Waals surface area contributed by atoms with E-state index in [0.29, 0.717) is 6.54 Å². The van der Waals surface area contributed by atoms with Gasteiger partial charge in [0.05, 0.1) is 11.7 Å². The van der Waals surface area contributed by atoms with Gasteiger partial charge < -0.3 is 14.6 Å². The van der Waals surface area contributed by atoms with Gasteiger partial charge in [0.1, 0.15) is 0 Å². The highest BCUT2D eigenvalue weighted by molar-refractivity contribution is 6.07. The van der Waals surface area contributed by atoms with Crippen LogP contribution in [-0.2, 0) is 6.54 Å². The highest BCUT2D eigenvalue weighted by Crippen LogP contribution is 2.23. The lowest BCUT2D eigenvalue weighted by Gasteiger charge is -2.35. The highest BCUT2D eigenvalue weighted by atomic mass is 16.3. The molecule has 0 bridgehead atoms. The normalized spacial score (nSPS) is 17.4. The third-order valence-corrected chi connectivity index (χ3v) is 4.96. The number of aromatic nitrogens is 1. The van der Waals surface area contributed by atoms with E-state index >= 15 is 0 Å². The third kappa shape index (κ3) is 3.32. The largest absolute Gasteiger partial charge is 0.392 e. The number of aliphatic hydroxyl groups excluding tert-OH is 1. The van der Waals surface area contributed by atoms with Gasteiger partial charge in [0.25, 0.3) is 5.91 Å². The van der Waals surface area contributed by atoms with Gasteiger partial charge in [0, 0.05) is 56.4 Å². The SMILES string of the molecule is CC[C@@H](O)CN1CCN(C(=O)c2cn(CC)c3ccccc23)CC1. The number of piperazine rings is 1. The topological polar surface area (TPSA) is 48.7 Å². The number of nitrogens with zero attached hydrogens (tertiary/aromatic N) is 3. The quantitative estimate of drug-likeness (QED) is 0.915. The van der Waals surface area contributed by atoms with Crippen LogP contribution >= 0.6 is 0 Å². The minimum atomic E-state index is -0.269. The first kappa shape index (κ1) is 17.0. The predicted molar refractivity (Wildman–Crippen MR) is 96.3 cm³/mol. The van der Waals surface area contributed by atoms with Crippen LogP contribution in [0, 0.1) is 0 Å². The summed E-state index contributed by atoms with van der Waals surface area (Å²) >= 11 is 0. The van der Waals surface area contributed by atoms with E-state index < -0.39 is 0 Å². The van der Waals surface area contributed by atoms with Crippen LogP contribution in [0.25, 0.3) is 10.9 Å². The molecule has 0 unspecified atom stereocenters. The Balaban J connectivity index is 1.72. The van der Waals surface area contributed by atoms with Crippen molar-refractivity contribution in [2.45, 2.75) is 32.9 Å². The molecule has 1 aromatic carbocycles. The van der Waals surface area contributed by atoms with E-state index in [-0.39, 0.29) is 12.0 Å². The minimum Gasteiger partial charge on any atom is -0.392 e. The predicted octanol–water partition coefficient (Wildman–Crippen LogP) is 2.19. The van der Waals surface area contributed by atoms with Crippen molar-refractivity contribution in [3.8, 4) is 0 Å². The molecule has 1 fully saturated rings. The Morgan fingerprint density at radius 1 is 1.17 bits per heavy atom. The van der Waals surface area contributed by atoms with Gasteiger partial charge in [0.2, 0.25) is 0 Å². The molecule has 5 heteroatoms. The summed E-state index contributed by atoms with van der Waals surface area (Å²) in [6.07, 6.45) is 2.49. The average molecular weight is 329 g/mol. The van der Waals surface area contributed by atoms with Gasteiger partial charge in [-0.3, -0.25) is 9.69 Å². The molecule has 2 aromatic rings. The Labute approximate surface area is 143 Å². The van der Waals surface area contributed by atoms with Crippen molar-refractivity contribution in [3.05, 3.63) is 36.0 Å². The summed E-state index contributed by atoms with van der Waals surface area (Å²) in [5, 5.41) is 10.8. The van der Waals surface area contributed by atoms with Crippen molar-refractivity contribution in [2.24, 2.45) is 0 Å². The molecule has 24 heavy (non-hydrogen) atoms. The standard InChI is InChI=1S/C19H27N3O2/c1-3-15(23)13-20-9-11-22(12-10-20)19(24)17-14-21(4-2)18-8-6-5-7-16(17)18/h5-8,14-15,23H,3-4,9-13H2,1-2H3/t15-/m1/s1. The van der Waals surface area contributed by atoms with E-state index in [4.69, 9.17) is 0 Å². The first-order valence-electron chi connectivity index (χ1n) is 8.91. The third-order valence-electron chi connectivity index (χ3n) is 4.96. The number of aryl methyl sites for hydroxylation is 1. The number of hydrogen-bond donors (Lipinski definition) is 1. The molecule has 1 aromatic heterocycles. The molecule has 1 N–H and O–H groups in total. The van der Waals surface area contributed by atoms with Gasteiger partial charge in [0.15, 0.2) is 0 Å². The van der Waals surface area contributed by atoms with Crippen molar-refractivity contribution >= 4 is 16.8 Å². The lowest BCUT2D eigenvalue weighted by molar-refractivity contribution is 0.0525. The molecule has 0 saturated carbocycles. The van der Waals surface area contributed by atoms with Gasteiger partial charge in [-0.05, 0) is 19.4 Å². The summed E-state index contributed by atoms with van der Waals surface area (Å²) in [7, 11) is 0. The van der Waals surface area contributed by atoms with Crippen LogP contribution < -0.4 is 0 Å². The maximum atomic E-state index is 13.0. The number of carbonyl (C=O) groups is 1. The fourth-order valence-corrected chi connectivity index (χ4v) is 3.41. The van der Waals surface area contributed by atoms with Crippen molar-refractivity contribution in [1.29, 1.82) is 0 Å². The molecule has 5 nitrogen and oxygen atoms in total. The summed E-state index contributed by atoms with van der Waals surface area (Å²) in [6, 6.07) is 8.10. The van der Waals surface area contributed by atoms with Gasteiger partial charge in [-0.2, -0.15) is 0 Å². The Hall–Kier alpha value is -1.85. The van der Waals surface area contributed by atoms with Crippen LogP contribution in [0.5, 0.6) is 0 Å². The number of fused-ring (bicyclic) bond motifs is 1. The lowest BCUT2D eigenvalue weighted by Crippen LogP contribution is -2.50. The van der Waals surface area contributed by atoms with Gasteiger partial charge in [-0.1, -0.05) is 25.1 Å². The van der Waals surface area contributed by atoms with Gasteiger partial charge in [-0.25, -0.2) is 0 Å². The second-order valence-corrected chi connectivity index (χ2v) is 6.50. The van der Waals surface area contributed by atoms with E-state index in [1.54, 1.807) is 0 Å². The zero-order chi connectivity index (χ0) is 17.1. The summed E-state index contributed by atoms with van der Waals surface area (Å²) in [5.74, 6) is 0.120. The monoisotopic (exact) mass is 329 g/mol. The molecule has 1 saturated heterocycles. The molecule has 1 aliphatic rings. The van der Waals surface area contributed by atoms with Crippen molar-refractivity contribution < 1.29 is 9.90 Å². The number of carbonyl (C=O) groups excluding carboxylic acids is 1. The Kier molecular flexibility index (Phi) is 5.21. The maximum Gasteiger partial charge on any atom is 0.256 e. The molecule has 3 rings (SSSR count). The molecular formula is C19H27N3O2. The molecule has 0 aliphatic carbocycles. The van der Waals surface area contributed by atoms with Crippen molar-refractivity contribution in [2.75, 3.05) is 32.7 Å². The zero-order valence-electron chi connectivity index (χ0n) is 14.6. The second kappa shape index (κ2) is 7.36. The van der Waals surface area contributed by atoms with Crippen LogP contribution in [0.2, 0.25) is 0 Å². The minimum absolute atomic E-state index is 0.120. The van der Waals surface area contributed by atoms with Gasteiger partial charge >= 0.3 is 0 Å². The highest BCUT2D eigenvalue weighted by Gasteiger charge is 2.25. The van der Waals surface area contributed by atoms with Crippen LogP contribution in [0.1, 0.15) is 30.6 Å². The molecule has 1 atom stereocenters. The molecule has 0 spiro atoms. The summed E-state index contributed by atoms with van der Waals surface area (Å²) < 4.78 is 2.14. The Bertz CT molecular complexity index is 702. The summed E-state index contributed by atoms with van der Waals surface area (Å²) in [4.78, 5) is 17.2. The average Bonchev–Trinajstić information content (AvgIpc) is 3.00. The number of hydrogen-bond acceptors (Lipinski definition) is 3. The zero-order valence-corrected chi connectivity index (χ0v) is 14.6.